The highest BCUT2D eigenvalue weighted by molar-refractivity contribution is 7.91. The number of hydrogen-bond acceptors (Lipinski definition) is 3. The summed E-state index contributed by atoms with van der Waals surface area (Å²) in [5.74, 6) is 0.738. The molecule has 0 atom stereocenters. The number of hydroxylamine groups is 1. The fraction of sp³-hybridized carbons (Fsp3) is 0.875. The van der Waals surface area contributed by atoms with E-state index in [1.165, 1.54) is 6.21 Å². The Morgan fingerprint density at radius 1 is 1.46 bits per heavy atom. The first-order chi connectivity index (χ1) is 6.03. The molecule has 1 aliphatic rings. The number of hydrogen-bond donors (Lipinski definition) is 0. The second kappa shape index (κ2) is 4.09. The highest BCUT2D eigenvalue weighted by Gasteiger charge is 2.25. The van der Waals surface area contributed by atoms with Crippen LogP contribution in [0.25, 0.3) is 0 Å². The van der Waals surface area contributed by atoms with Crippen molar-refractivity contribution < 1.29 is 13.2 Å². The predicted octanol–water partition coefficient (Wildman–Crippen LogP) is 0.412. The van der Waals surface area contributed by atoms with Gasteiger partial charge < -0.3 is 5.21 Å². The van der Waals surface area contributed by atoms with Gasteiger partial charge >= 0.3 is 0 Å². The normalized spacial score (nSPS) is 24.5. The molecule has 0 aromatic heterocycles. The minimum absolute atomic E-state index is 0.245. The molecular formula is C8H15NO3S. The van der Waals surface area contributed by atoms with E-state index in [1.54, 1.807) is 6.92 Å². The van der Waals surface area contributed by atoms with Gasteiger partial charge in [-0.05, 0) is 12.8 Å². The minimum Gasteiger partial charge on any atom is -0.624 e. The maximum atomic E-state index is 11.1. The molecule has 76 valence electrons. The van der Waals surface area contributed by atoms with E-state index in [0.29, 0.717) is 19.4 Å². The van der Waals surface area contributed by atoms with Crippen LogP contribution >= 0.6 is 0 Å². The van der Waals surface area contributed by atoms with E-state index in [-0.39, 0.29) is 17.4 Å². The molecule has 0 saturated carbocycles. The lowest BCUT2D eigenvalue weighted by molar-refractivity contribution is -0.462. The van der Waals surface area contributed by atoms with Gasteiger partial charge in [0.05, 0.1) is 11.5 Å². The Morgan fingerprint density at radius 3 is 2.46 bits per heavy atom. The van der Waals surface area contributed by atoms with Crippen molar-refractivity contribution >= 4 is 16.1 Å². The zero-order chi connectivity index (χ0) is 9.90. The van der Waals surface area contributed by atoms with Crippen LogP contribution in [0.2, 0.25) is 0 Å². The molecule has 4 nitrogen and oxygen atoms in total. The van der Waals surface area contributed by atoms with Gasteiger partial charge in [0.2, 0.25) is 0 Å². The molecule has 0 radical (unpaired) electrons. The van der Waals surface area contributed by atoms with Crippen molar-refractivity contribution in [2.45, 2.75) is 19.8 Å². The average molecular weight is 205 g/mol. The van der Waals surface area contributed by atoms with Crippen LogP contribution < -0.4 is 0 Å². The summed E-state index contributed by atoms with van der Waals surface area (Å²) in [4.78, 5) is 0. The Morgan fingerprint density at radius 2 is 2.00 bits per heavy atom. The van der Waals surface area contributed by atoms with Crippen LogP contribution in [0.1, 0.15) is 19.8 Å². The topological polar surface area (TPSA) is 60.2 Å². The van der Waals surface area contributed by atoms with E-state index in [9.17, 15) is 13.6 Å². The molecule has 0 amide bonds. The maximum absolute atomic E-state index is 11.1. The summed E-state index contributed by atoms with van der Waals surface area (Å²) in [5, 5.41) is 11.0. The number of nitrogens with zero attached hydrogens (tertiary/aromatic N) is 1. The van der Waals surface area contributed by atoms with Crippen LogP contribution in [0.3, 0.4) is 0 Å². The first kappa shape index (κ1) is 10.5. The van der Waals surface area contributed by atoms with Crippen LogP contribution in [0.15, 0.2) is 0 Å². The largest absolute Gasteiger partial charge is 0.624 e. The predicted molar refractivity (Wildman–Crippen MR) is 51.6 cm³/mol. The second-order valence-electron chi connectivity index (χ2n) is 3.45. The van der Waals surface area contributed by atoms with Crippen molar-refractivity contribution in [1.29, 1.82) is 0 Å². The van der Waals surface area contributed by atoms with Gasteiger partial charge in [-0.15, -0.1) is 0 Å². The zero-order valence-electron chi connectivity index (χ0n) is 7.77. The minimum atomic E-state index is -2.79. The van der Waals surface area contributed by atoms with Gasteiger partial charge in [-0.1, -0.05) is 0 Å². The molecule has 0 unspecified atom stereocenters. The fourth-order valence-electron chi connectivity index (χ4n) is 1.48. The van der Waals surface area contributed by atoms with Gasteiger partial charge in [-0.25, -0.2) is 13.2 Å². The lowest BCUT2D eigenvalue weighted by atomic mass is 10.0. The maximum Gasteiger partial charge on any atom is 0.155 e. The van der Waals surface area contributed by atoms with Crippen LogP contribution in [0, 0.1) is 11.1 Å². The van der Waals surface area contributed by atoms with Crippen LogP contribution in [-0.4, -0.2) is 37.4 Å². The standard InChI is InChI=1S/C8H15NO3S/c1-2-9(10)7-8-3-5-13(11,12)6-4-8/h2,8H,3-7H2,1H3/b9-2-. The molecule has 1 heterocycles. The molecule has 0 aliphatic carbocycles. The van der Waals surface area contributed by atoms with Gasteiger partial charge in [0.1, 0.15) is 16.1 Å². The molecule has 0 bridgehead atoms. The van der Waals surface area contributed by atoms with E-state index < -0.39 is 9.84 Å². The van der Waals surface area contributed by atoms with Crippen LogP contribution in [0.5, 0.6) is 0 Å². The molecule has 1 saturated heterocycles. The van der Waals surface area contributed by atoms with Crippen LogP contribution in [-0.2, 0) is 9.84 Å². The third-order valence-electron chi connectivity index (χ3n) is 2.40. The van der Waals surface area contributed by atoms with Crippen molar-refractivity contribution in [1.82, 2.24) is 0 Å². The summed E-state index contributed by atoms with van der Waals surface area (Å²) in [6.45, 7) is 2.12. The molecule has 1 fully saturated rings. The number of rotatable bonds is 2. The summed E-state index contributed by atoms with van der Waals surface area (Å²) in [7, 11) is -2.79. The van der Waals surface area contributed by atoms with E-state index >= 15 is 0 Å². The Hall–Kier alpha value is -0.580. The van der Waals surface area contributed by atoms with Crippen molar-refractivity contribution in [3.8, 4) is 0 Å². The van der Waals surface area contributed by atoms with Gasteiger partial charge in [-0.3, -0.25) is 0 Å². The quantitative estimate of drug-likeness (QED) is 0.284. The zero-order valence-corrected chi connectivity index (χ0v) is 8.59. The molecular weight excluding hydrogens is 190 g/mol. The molecule has 1 aliphatic heterocycles. The Labute approximate surface area is 78.8 Å². The molecule has 0 spiro atoms. The van der Waals surface area contributed by atoms with E-state index in [2.05, 4.69) is 0 Å². The number of sulfone groups is 1. The summed E-state index contributed by atoms with van der Waals surface area (Å²) < 4.78 is 23.0. The molecule has 1 rings (SSSR count). The third kappa shape index (κ3) is 3.34. The van der Waals surface area contributed by atoms with Crippen molar-refractivity contribution in [3.63, 3.8) is 0 Å². The van der Waals surface area contributed by atoms with Crippen molar-refractivity contribution in [2.24, 2.45) is 5.92 Å². The molecule has 0 aromatic carbocycles. The average Bonchev–Trinajstić information content (AvgIpc) is 2.08. The third-order valence-corrected chi connectivity index (χ3v) is 4.12. The van der Waals surface area contributed by atoms with Crippen molar-refractivity contribution in [3.05, 3.63) is 5.21 Å². The van der Waals surface area contributed by atoms with Crippen LogP contribution in [0.4, 0.5) is 0 Å². The lowest BCUT2D eigenvalue weighted by Gasteiger charge is -2.20. The first-order valence-corrected chi connectivity index (χ1v) is 6.29. The van der Waals surface area contributed by atoms with E-state index in [4.69, 9.17) is 0 Å². The fourth-order valence-corrected chi connectivity index (χ4v) is 3.07. The smallest absolute Gasteiger partial charge is 0.155 e. The van der Waals surface area contributed by atoms with Crippen molar-refractivity contribution in [2.75, 3.05) is 18.1 Å². The summed E-state index contributed by atoms with van der Waals surface area (Å²) in [5.41, 5.74) is 0. The van der Waals surface area contributed by atoms with E-state index in [1.807, 2.05) is 0 Å². The Bertz CT molecular complexity index is 281. The highest BCUT2D eigenvalue weighted by atomic mass is 32.2. The SMILES string of the molecule is C/C=[N+](\[O-])CC1CCS(=O)(=O)CC1. The highest BCUT2D eigenvalue weighted by Crippen LogP contribution is 2.18. The first-order valence-electron chi connectivity index (χ1n) is 4.47. The summed E-state index contributed by atoms with van der Waals surface area (Å²) in [6, 6.07) is 0. The molecule has 5 heteroatoms. The van der Waals surface area contributed by atoms with Gasteiger partial charge in [-0.2, -0.15) is 0 Å². The summed E-state index contributed by atoms with van der Waals surface area (Å²) in [6.07, 6.45) is 2.74. The van der Waals surface area contributed by atoms with E-state index in [0.717, 1.165) is 4.74 Å². The van der Waals surface area contributed by atoms with Gasteiger partial charge in [0, 0.05) is 12.8 Å². The Balaban J connectivity index is 2.42. The molecule has 0 aromatic rings. The summed E-state index contributed by atoms with van der Waals surface area (Å²) >= 11 is 0. The van der Waals surface area contributed by atoms with Gasteiger partial charge in [0.15, 0.2) is 6.54 Å². The lowest BCUT2D eigenvalue weighted by Crippen LogP contribution is -2.28. The van der Waals surface area contributed by atoms with Gasteiger partial charge in [0.25, 0.3) is 0 Å². The second-order valence-corrected chi connectivity index (χ2v) is 5.76. The molecule has 0 N–H and O–H groups in total. The molecule has 13 heavy (non-hydrogen) atoms. The monoisotopic (exact) mass is 205 g/mol. The Kier molecular flexibility index (Phi) is 3.30.